The average Bonchev–Trinajstić information content (AvgIpc) is 2.47. The molecule has 0 spiro atoms. The van der Waals surface area contributed by atoms with Crippen LogP contribution in [0.25, 0.3) is 0 Å². The van der Waals surface area contributed by atoms with Crippen LogP contribution in [0.4, 0.5) is 13.2 Å². The number of aliphatic carboxylic acids is 1. The Bertz CT molecular complexity index is 671. The van der Waals surface area contributed by atoms with Crippen molar-refractivity contribution in [2.45, 2.75) is 42.2 Å². The molecular formula is C10H11F3N2O6S. The quantitative estimate of drug-likeness (QED) is 0.611. The molecule has 22 heavy (non-hydrogen) atoms. The van der Waals surface area contributed by atoms with Crippen LogP contribution in [-0.2, 0) is 24.2 Å². The van der Waals surface area contributed by atoms with E-state index in [2.05, 4.69) is 0 Å². The second-order valence-corrected chi connectivity index (χ2v) is 8.10. The van der Waals surface area contributed by atoms with E-state index in [0.717, 1.165) is 13.8 Å². The SMILES string of the molecule is CC1(C)[C@H](C(=O)O)N2C(=O)[C@H](NC(=O)C(F)(F)F)[C@H]2S1(=O)=O. The molecular weight excluding hydrogens is 333 g/mol. The molecule has 2 N–H and O–H groups in total. The van der Waals surface area contributed by atoms with Crippen LogP contribution in [0.15, 0.2) is 0 Å². The topological polar surface area (TPSA) is 121 Å². The van der Waals surface area contributed by atoms with Gasteiger partial charge in [0.1, 0.15) is 16.8 Å². The first kappa shape index (κ1) is 16.5. The monoisotopic (exact) mass is 344 g/mol. The molecule has 2 aliphatic rings. The smallest absolute Gasteiger partial charge is 0.471 e. The second kappa shape index (κ2) is 4.33. The van der Waals surface area contributed by atoms with E-state index in [9.17, 15) is 36.0 Å². The third-order valence-corrected chi connectivity index (χ3v) is 6.67. The van der Waals surface area contributed by atoms with Gasteiger partial charge in [0.25, 0.3) is 0 Å². The largest absolute Gasteiger partial charge is 0.480 e. The van der Waals surface area contributed by atoms with Crippen molar-refractivity contribution in [3.8, 4) is 0 Å². The van der Waals surface area contributed by atoms with Gasteiger partial charge in [-0.2, -0.15) is 13.2 Å². The zero-order valence-electron chi connectivity index (χ0n) is 11.2. The average molecular weight is 344 g/mol. The highest BCUT2D eigenvalue weighted by Gasteiger charge is 2.72. The van der Waals surface area contributed by atoms with Crippen LogP contribution in [0, 0.1) is 0 Å². The number of sulfone groups is 1. The summed E-state index contributed by atoms with van der Waals surface area (Å²) in [5.41, 5.74) is 0. The third-order valence-electron chi connectivity index (χ3n) is 3.85. The standard InChI is InChI=1S/C10H11F3N2O6S/c1-9(2)4(7(17)18)15-5(16)3(6(15)22(9,20)21)14-8(19)10(11,12)13/h3-4,6H,1-2H3,(H,14,19)(H,17,18)/t3-,4-,6+/m0/s1. The molecule has 0 aromatic carbocycles. The number of nitrogens with zero attached hydrogens (tertiary/aromatic N) is 1. The van der Waals surface area contributed by atoms with Crippen molar-refractivity contribution in [3.05, 3.63) is 0 Å². The summed E-state index contributed by atoms with van der Waals surface area (Å²) in [7, 11) is -4.29. The maximum atomic E-state index is 12.3. The number of hydrogen-bond acceptors (Lipinski definition) is 5. The van der Waals surface area contributed by atoms with Crippen LogP contribution in [0.5, 0.6) is 0 Å². The Morgan fingerprint density at radius 3 is 2.23 bits per heavy atom. The molecule has 0 saturated carbocycles. The number of fused-ring (bicyclic) bond motifs is 1. The van der Waals surface area contributed by atoms with Crippen molar-refractivity contribution in [2.24, 2.45) is 0 Å². The first-order valence-corrected chi connectivity index (χ1v) is 7.45. The molecule has 0 unspecified atom stereocenters. The van der Waals surface area contributed by atoms with E-state index in [1.807, 2.05) is 0 Å². The van der Waals surface area contributed by atoms with Crippen LogP contribution in [0.1, 0.15) is 13.8 Å². The molecule has 124 valence electrons. The number of hydrogen-bond donors (Lipinski definition) is 2. The van der Waals surface area contributed by atoms with E-state index in [-0.39, 0.29) is 0 Å². The van der Waals surface area contributed by atoms with Crippen LogP contribution in [0.2, 0.25) is 0 Å². The molecule has 2 aliphatic heterocycles. The lowest BCUT2D eigenvalue weighted by Crippen LogP contribution is -2.72. The number of amides is 2. The number of halogens is 3. The molecule has 0 aromatic rings. The Kier molecular flexibility index (Phi) is 3.25. The summed E-state index contributed by atoms with van der Waals surface area (Å²) in [5.74, 6) is -5.23. The maximum Gasteiger partial charge on any atom is 0.471 e. The Hall–Kier alpha value is -1.85. The molecule has 8 nitrogen and oxygen atoms in total. The minimum absolute atomic E-state index is 0.485. The molecule has 2 rings (SSSR count). The van der Waals surface area contributed by atoms with Crippen LogP contribution >= 0.6 is 0 Å². The fourth-order valence-electron chi connectivity index (χ4n) is 2.66. The minimum Gasteiger partial charge on any atom is -0.480 e. The lowest BCUT2D eigenvalue weighted by atomic mass is 9.96. The van der Waals surface area contributed by atoms with Gasteiger partial charge in [0.2, 0.25) is 5.91 Å². The molecule has 0 radical (unpaired) electrons. The van der Waals surface area contributed by atoms with Gasteiger partial charge in [-0.25, -0.2) is 13.2 Å². The lowest BCUT2D eigenvalue weighted by Gasteiger charge is -2.42. The Labute approximate surface area is 122 Å². The van der Waals surface area contributed by atoms with E-state index in [1.165, 1.54) is 5.32 Å². The minimum atomic E-state index is -5.29. The van der Waals surface area contributed by atoms with Gasteiger partial charge in [-0.15, -0.1) is 0 Å². The molecule has 2 saturated heterocycles. The lowest BCUT2D eigenvalue weighted by molar-refractivity contribution is -0.178. The van der Waals surface area contributed by atoms with E-state index in [0.29, 0.717) is 4.90 Å². The Morgan fingerprint density at radius 2 is 1.82 bits per heavy atom. The van der Waals surface area contributed by atoms with Crippen molar-refractivity contribution < 1.29 is 41.1 Å². The normalized spacial score (nSPS) is 32.1. The molecule has 2 amide bonds. The predicted octanol–water partition coefficient (Wildman–Crippen LogP) is -1.14. The van der Waals surface area contributed by atoms with E-state index >= 15 is 0 Å². The summed E-state index contributed by atoms with van der Waals surface area (Å²) in [6.07, 6.45) is -5.29. The van der Waals surface area contributed by atoms with Crippen molar-refractivity contribution in [1.29, 1.82) is 0 Å². The highest BCUT2D eigenvalue weighted by Crippen LogP contribution is 2.46. The van der Waals surface area contributed by atoms with Gasteiger partial charge in [0.15, 0.2) is 15.2 Å². The highest BCUT2D eigenvalue weighted by atomic mass is 32.2. The van der Waals surface area contributed by atoms with Crippen molar-refractivity contribution in [3.63, 3.8) is 0 Å². The summed E-state index contributed by atoms with van der Waals surface area (Å²) in [5, 5.41) is 8.58. The van der Waals surface area contributed by atoms with Gasteiger partial charge in [0.05, 0.1) is 0 Å². The Morgan fingerprint density at radius 1 is 1.32 bits per heavy atom. The summed E-state index contributed by atoms with van der Waals surface area (Å²) in [6, 6.07) is -3.67. The number of carbonyl (C=O) groups is 3. The highest BCUT2D eigenvalue weighted by molar-refractivity contribution is 7.94. The summed E-state index contributed by atoms with van der Waals surface area (Å²) in [6.45, 7) is 2.13. The second-order valence-electron chi connectivity index (χ2n) is 5.47. The Balaban J connectivity index is 2.39. The number of carbonyl (C=O) groups excluding carboxylic acids is 2. The van der Waals surface area contributed by atoms with Crippen molar-refractivity contribution >= 4 is 27.6 Å². The van der Waals surface area contributed by atoms with Crippen LogP contribution in [-0.4, -0.2) is 64.6 Å². The summed E-state index contributed by atoms with van der Waals surface area (Å²) < 4.78 is 59.3. The maximum absolute atomic E-state index is 12.3. The predicted molar refractivity (Wildman–Crippen MR) is 63.0 cm³/mol. The third kappa shape index (κ3) is 1.89. The zero-order chi connectivity index (χ0) is 17.2. The number of rotatable bonds is 2. The zero-order valence-corrected chi connectivity index (χ0v) is 12.0. The number of carboxylic acid groups (broad SMARTS) is 1. The van der Waals surface area contributed by atoms with Gasteiger partial charge in [0, 0.05) is 0 Å². The summed E-state index contributed by atoms with van der Waals surface area (Å²) >= 11 is 0. The first-order chi connectivity index (χ1) is 9.74. The van der Waals surface area contributed by atoms with Crippen molar-refractivity contribution in [2.75, 3.05) is 0 Å². The van der Waals surface area contributed by atoms with Gasteiger partial charge < -0.3 is 15.3 Å². The number of carboxylic acids is 1. The van der Waals surface area contributed by atoms with Gasteiger partial charge in [-0.3, -0.25) is 9.59 Å². The number of alkyl halides is 3. The van der Waals surface area contributed by atoms with Gasteiger partial charge in [-0.05, 0) is 13.8 Å². The molecule has 2 fully saturated rings. The van der Waals surface area contributed by atoms with E-state index in [1.54, 1.807) is 0 Å². The molecule has 0 aliphatic carbocycles. The van der Waals surface area contributed by atoms with E-state index < -0.39 is 56.0 Å². The summed E-state index contributed by atoms with van der Waals surface area (Å²) in [4.78, 5) is 34.4. The molecule has 2 heterocycles. The van der Waals surface area contributed by atoms with Gasteiger partial charge >= 0.3 is 18.1 Å². The fourth-order valence-corrected chi connectivity index (χ4v) is 4.88. The van der Waals surface area contributed by atoms with Crippen LogP contribution < -0.4 is 5.32 Å². The first-order valence-electron chi connectivity index (χ1n) is 5.90. The van der Waals surface area contributed by atoms with Crippen LogP contribution in [0.3, 0.4) is 0 Å². The van der Waals surface area contributed by atoms with Crippen molar-refractivity contribution in [1.82, 2.24) is 10.2 Å². The molecule has 3 atom stereocenters. The molecule has 0 bridgehead atoms. The molecule has 0 aromatic heterocycles. The van der Waals surface area contributed by atoms with E-state index in [4.69, 9.17) is 5.11 Å². The van der Waals surface area contributed by atoms with Gasteiger partial charge in [-0.1, -0.05) is 0 Å². The number of nitrogens with one attached hydrogen (secondary N) is 1. The molecule has 12 heteroatoms. The fraction of sp³-hybridized carbons (Fsp3) is 0.700. The number of β-lactam (4-membered cyclic amide) rings is 1.